The molecule has 0 saturated heterocycles. The van der Waals surface area contributed by atoms with Crippen molar-refractivity contribution in [3.63, 3.8) is 0 Å². The third kappa shape index (κ3) is 3.29. The predicted molar refractivity (Wildman–Crippen MR) is 63.5 cm³/mol. The van der Waals surface area contributed by atoms with E-state index in [1.165, 1.54) is 13.2 Å². The van der Waals surface area contributed by atoms with Gasteiger partial charge in [0, 0.05) is 0 Å². The first-order chi connectivity index (χ1) is 8.49. The van der Waals surface area contributed by atoms with Gasteiger partial charge in [-0.1, -0.05) is 6.07 Å². The highest BCUT2D eigenvalue weighted by Crippen LogP contribution is 2.23. The molecule has 0 spiro atoms. The van der Waals surface area contributed by atoms with Crippen molar-refractivity contribution in [3.8, 4) is 6.07 Å². The largest absolute Gasteiger partial charge is 0.469 e. The molecule has 0 aliphatic carbocycles. The normalized spacial score (nSPS) is 13.5. The Kier molecular flexibility index (Phi) is 4.84. The minimum Gasteiger partial charge on any atom is -0.469 e. The fourth-order valence-electron chi connectivity index (χ4n) is 1.60. The van der Waals surface area contributed by atoms with Crippen molar-refractivity contribution < 1.29 is 19.7 Å². The first kappa shape index (κ1) is 14.2. The minimum absolute atomic E-state index is 0.298. The van der Waals surface area contributed by atoms with Crippen molar-refractivity contribution in [1.29, 1.82) is 5.26 Å². The lowest BCUT2D eigenvalue weighted by molar-refractivity contribution is -0.144. The number of nitriles is 1. The molecule has 1 aromatic carbocycles. The van der Waals surface area contributed by atoms with E-state index in [2.05, 4.69) is 4.74 Å². The third-order valence-electron chi connectivity index (χ3n) is 2.69. The number of hydrogen-bond acceptors (Lipinski definition) is 5. The third-order valence-corrected chi connectivity index (χ3v) is 2.69. The summed E-state index contributed by atoms with van der Waals surface area (Å²) >= 11 is 0. The number of aliphatic hydroxyl groups is 2. The molecule has 0 aromatic heterocycles. The summed E-state index contributed by atoms with van der Waals surface area (Å²) in [5.74, 6) is -0.601. The highest BCUT2D eigenvalue weighted by molar-refractivity contribution is 5.69. The van der Waals surface area contributed by atoms with Crippen molar-refractivity contribution in [3.05, 3.63) is 34.9 Å². The maximum Gasteiger partial charge on any atom is 0.308 e. The Bertz CT molecular complexity index is 478. The molecule has 0 amide bonds. The van der Waals surface area contributed by atoms with Crippen LogP contribution in [0.25, 0.3) is 0 Å². The number of ether oxygens (including phenoxy) is 1. The SMILES string of the molecule is COC(=O)CC(O)C(O)c1cc(C#N)ccc1C. The number of rotatable bonds is 4. The molecular formula is C13H15NO4. The maximum absolute atomic E-state index is 11.0. The Hall–Kier alpha value is -1.90. The summed E-state index contributed by atoms with van der Waals surface area (Å²) in [7, 11) is 1.21. The van der Waals surface area contributed by atoms with Crippen molar-refractivity contribution in [2.45, 2.75) is 25.6 Å². The molecule has 0 aliphatic heterocycles. The van der Waals surface area contributed by atoms with Crippen LogP contribution in [0.4, 0.5) is 0 Å². The highest BCUT2D eigenvalue weighted by Gasteiger charge is 2.23. The van der Waals surface area contributed by atoms with Gasteiger partial charge < -0.3 is 14.9 Å². The van der Waals surface area contributed by atoms with E-state index in [4.69, 9.17) is 5.26 Å². The average Bonchev–Trinajstić information content (AvgIpc) is 2.38. The van der Waals surface area contributed by atoms with Gasteiger partial charge in [-0.3, -0.25) is 4.79 Å². The molecule has 5 nitrogen and oxygen atoms in total. The smallest absolute Gasteiger partial charge is 0.308 e. The summed E-state index contributed by atoms with van der Waals surface area (Å²) in [6.45, 7) is 1.75. The van der Waals surface area contributed by atoms with Crippen molar-refractivity contribution in [1.82, 2.24) is 0 Å². The number of carbonyl (C=O) groups is 1. The van der Waals surface area contributed by atoms with E-state index >= 15 is 0 Å². The number of benzene rings is 1. The van der Waals surface area contributed by atoms with Crippen LogP contribution in [0.1, 0.15) is 29.2 Å². The zero-order chi connectivity index (χ0) is 13.7. The van der Waals surface area contributed by atoms with Gasteiger partial charge in [-0.25, -0.2) is 0 Å². The van der Waals surface area contributed by atoms with Crippen LogP contribution in [0.2, 0.25) is 0 Å². The first-order valence-electron chi connectivity index (χ1n) is 5.43. The van der Waals surface area contributed by atoms with Gasteiger partial charge in [-0.05, 0) is 30.2 Å². The van der Waals surface area contributed by atoms with Crippen LogP contribution < -0.4 is 0 Å². The molecule has 0 saturated carbocycles. The number of nitrogens with zero attached hydrogens (tertiary/aromatic N) is 1. The van der Waals surface area contributed by atoms with Gasteiger partial charge in [0.25, 0.3) is 0 Å². The molecule has 0 heterocycles. The lowest BCUT2D eigenvalue weighted by Crippen LogP contribution is -2.23. The molecule has 2 unspecified atom stereocenters. The Morgan fingerprint density at radius 2 is 2.17 bits per heavy atom. The predicted octanol–water partition coefficient (Wildman–Crippen LogP) is 0.824. The van der Waals surface area contributed by atoms with E-state index < -0.39 is 18.2 Å². The average molecular weight is 249 g/mol. The second kappa shape index (κ2) is 6.15. The molecule has 0 aliphatic rings. The number of aliphatic hydroxyl groups excluding tert-OH is 2. The Morgan fingerprint density at radius 1 is 1.50 bits per heavy atom. The van der Waals surface area contributed by atoms with Crippen molar-refractivity contribution in [2.24, 2.45) is 0 Å². The van der Waals surface area contributed by atoms with Gasteiger partial charge in [0.15, 0.2) is 0 Å². The number of aryl methyl sites for hydroxylation is 1. The number of methoxy groups -OCH3 is 1. The summed E-state index contributed by atoms with van der Waals surface area (Å²) in [4.78, 5) is 11.0. The molecule has 5 heteroatoms. The zero-order valence-corrected chi connectivity index (χ0v) is 10.3. The summed E-state index contributed by atoms with van der Waals surface area (Å²) in [5, 5.41) is 28.5. The van der Waals surface area contributed by atoms with Gasteiger partial charge in [0.05, 0.1) is 31.3 Å². The molecule has 18 heavy (non-hydrogen) atoms. The summed E-state index contributed by atoms with van der Waals surface area (Å²) in [5.41, 5.74) is 1.57. The molecule has 2 atom stereocenters. The molecule has 1 aromatic rings. The fraction of sp³-hybridized carbons (Fsp3) is 0.385. The van der Waals surface area contributed by atoms with Crippen LogP contribution in [0.5, 0.6) is 0 Å². The molecule has 0 radical (unpaired) electrons. The molecule has 1 rings (SSSR count). The van der Waals surface area contributed by atoms with E-state index in [1.54, 1.807) is 19.1 Å². The monoisotopic (exact) mass is 249 g/mol. The van der Waals surface area contributed by atoms with Crippen molar-refractivity contribution >= 4 is 5.97 Å². The highest BCUT2D eigenvalue weighted by atomic mass is 16.5. The lowest BCUT2D eigenvalue weighted by Gasteiger charge is -2.19. The van der Waals surface area contributed by atoms with Crippen LogP contribution in [0.3, 0.4) is 0 Å². The molecule has 0 fully saturated rings. The summed E-state index contributed by atoms with van der Waals surface area (Å²) in [6, 6.07) is 6.76. The van der Waals surface area contributed by atoms with Crippen LogP contribution in [0.15, 0.2) is 18.2 Å². The van der Waals surface area contributed by atoms with Crippen molar-refractivity contribution in [2.75, 3.05) is 7.11 Å². The quantitative estimate of drug-likeness (QED) is 0.771. The van der Waals surface area contributed by atoms with E-state index in [0.29, 0.717) is 11.1 Å². The first-order valence-corrected chi connectivity index (χ1v) is 5.43. The Balaban J connectivity index is 2.92. The van der Waals surface area contributed by atoms with E-state index in [-0.39, 0.29) is 6.42 Å². The second-order valence-electron chi connectivity index (χ2n) is 3.98. The maximum atomic E-state index is 11.0. The van der Waals surface area contributed by atoms with Gasteiger partial charge >= 0.3 is 5.97 Å². The minimum atomic E-state index is -1.26. The molecular weight excluding hydrogens is 234 g/mol. The Labute approximate surface area is 105 Å². The molecule has 0 bridgehead atoms. The van der Waals surface area contributed by atoms with Crippen LogP contribution in [0, 0.1) is 18.3 Å². The summed E-state index contributed by atoms with van der Waals surface area (Å²) < 4.78 is 4.42. The van der Waals surface area contributed by atoms with Gasteiger partial charge in [-0.2, -0.15) is 5.26 Å². The summed E-state index contributed by atoms with van der Waals surface area (Å²) in [6.07, 6.45) is -2.78. The lowest BCUT2D eigenvalue weighted by atomic mass is 9.96. The molecule has 2 N–H and O–H groups in total. The number of carbonyl (C=O) groups excluding carboxylic acids is 1. The van der Waals surface area contributed by atoms with Crippen LogP contribution in [-0.2, 0) is 9.53 Å². The molecule has 96 valence electrons. The van der Waals surface area contributed by atoms with Gasteiger partial charge in [-0.15, -0.1) is 0 Å². The Morgan fingerprint density at radius 3 is 2.72 bits per heavy atom. The second-order valence-corrected chi connectivity index (χ2v) is 3.98. The van der Waals surface area contributed by atoms with Crippen LogP contribution in [-0.4, -0.2) is 29.4 Å². The zero-order valence-electron chi connectivity index (χ0n) is 10.3. The van der Waals surface area contributed by atoms with Gasteiger partial charge in [0.1, 0.15) is 6.10 Å². The van der Waals surface area contributed by atoms with E-state index in [1.807, 2.05) is 6.07 Å². The van der Waals surface area contributed by atoms with Crippen LogP contribution >= 0.6 is 0 Å². The fourth-order valence-corrected chi connectivity index (χ4v) is 1.60. The van der Waals surface area contributed by atoms with E-state index in [9.17, 15) is 15.0 Å². The van der Waals surface area contributed by atoms with Gasteiger partial charge in [0.2, 0.25) is 0 Å². The number of hydrogen-bond donors (Lipinski definition) is 2. The van der Waals surface area contributed by atoms with E-state index in [0.717, 1.165) is 5.56 Å². The topological polar surface area (TPSA) is 90.6 Å². The standard InChI is InChI=1S/C13H15NO4/c1-8-3-4-9(7-14)5-10(8)13(17)11(15)6-12(16)18-2/h3-5,11,13,15,17H,6H2,1-2H3. The number of esters is 1.